The number of halogens is 2. The van der Waals surface area contributed by atoms with Crippen LogP contribution in [0.5, 0.6) is 5.75 Å². The van der Waals surface area contributed by atoms with Gasteiger partial charge in [-0.25, -0.2) is 4.39 Å². The third-order valence-electron chi connectivity index (χ3n) is 3.12. The Hall–Kier alpha value is -1.54. The number of hydrogen-bond donors (Lipinski definition) is 0. The number of rotatable bonds is 1. The summed E-state index contributed by atoms with van der Waals surface area (Å²) in [6, 6.07) is 10.9. The fourth-order valence-electron chi connectivity index (χ4n) is 2.30. The smallest absolute Gasteiger partial charge is 0.165 e. The fourth-order valence-corrected chi connectivity index (χ4v) is 2.42. The highest BCUT2D eigenvalue weighted by molar-refractivity contribution is 6.30. The molecule has 0 spiro atoms. The predicted molar refractivity (Wildman–Crippen MR) is 70.6 cm³/mol. The SMILES string of the molecule is CC1Cc2cc(-c3ccc(Cl)cc3)cc(F)c2O1. The van der Waals surface area contributed by atoms with Gasteiger partial charge < -0.3 is 4.74 Å². The van der Waals surface area contributed by atoms with Gasteiger partial charge in [0.05, 0.1) is 0 Å². The summed E-state index contributed by atoms with van der Waals surface area (Å²) in [5.41, 5.74) is 2.76. The van der Waals surface area contributed by atoms with Crippen LogP contribution in [0.25, 0.3) is 11.1 Å². The average molecular weight is 263 g/mol. The molecule has 0 N–H and O–H groups in total. The maximum Gasteiger partial charge on any atom is 0.165 e. The Morgan fingerprint density at radius 1 is 1.17 bits per heavy atom. The van der Waals surface area contributed by atoms with Crippen LogP contribution in [0, 0.1) is 5.82 Å². The molecule has 1 heterocycles. The molecule has 2 aromatic rings. The quantitative estimate of drug-likeness (QED) is 0.737. The van der Waals surface area contributed by atoms with Gasteiger partial charge in [0.2, 0.25) is 0 Å². The highest BCUT2D eigenvalue weighted by atomic mass is 35.5. The molecule has 0 aliphatic carbocycles. The number of hydrogen-bond acceptors (Lipinski definition) is 1. The van der Waals surface area contributed by atoms with Crippen LogP contribution in [-0.4, -0.2) is 6.10 Å². The Balaban J connectivity index is 2.07. The van der Waals surface area contributed by atoms with Gasteiger partial charge in [-0.05, 0) is 42.3 Å². The van der Waals surface area contributed by atoms with E-state index in [1.165, 1.54) is 6.07 Å². The molecule has 1 unspecified atom stereocenters. The van der Waals surface area contributed by atoms with E-state index in [0.29, 0.717) is 10.8 Å². The minimum Gasteiger partial charge on any atom is -0.487 e. The van der Waals surface area contributed by atoms with Crippen molar-refractivity contribution >= 4 is 11.6 Å². The molecule has 3 rings (SSSR count). The second kappa shape index (κ2) is 4.29. The van der Waals surface area contributed by atoms with Crippen molar-refractivity contribution in [2.45, 2.75) is 19.4 Å². The summed E-state index contributed by atoms with van der Waals surface area (Å²) in [5, 5.41) is 0.678. The second-order valence-electron chi connectivity index (χ2n) is 4.59. The summed E-state index contributed by atoms with van der Waals surface area (Å²) in [7, 11) is 0. The first-order valence-corrected chi connectivity index (χ1v) is 6.26. The van der Waals surface area contributed by atoms with Crippen molar-refractivity contribution in [1.29, 1.82) is 0 Å². The lowest BCUT2D eigenvalue weighted by atomic mass is 10.0. The standard InChI is InChI=1S/C15H12ClFO/c1-9-6-12-7-11(8-14(17)15(12)18-9)10-2-4-13(16)5-3-10/h2-5,7-9H,6H2,1H3. The van der Waals surface area contributed by atoms with Crippen LogP contribution >= 0.6 is 11.6 Å². The first kappa shape index (κ1) is 11.5. The zero-order chi connectivity index (χ0) is 12.7. The molecule has 1 nitrogen and oxygen atoms in total. The van der Waals surface area contributed by atoms with Crippen LogP contribution in [0.3, 0.4) is 0 Å². The first-order valence-electron chi connectivity index (χ1n) is 5.88. The zero-order valence-electron chi connectivity index (χ0n) is 9.91. The van der Waals surface area contributed by atoms with Crippen LogP contribution in [0.1, 0.15) is 12.5 Å². The van der Waals surface area contributed by atoms with Gasteiger partial charge in [0.25, 0.3) is 0 Å². The first-order chi connectivity index (χ1) is 8.63. The van der Waals surface area contributed by atoms with Gasteiger partial charge in [-0.3, -0.25) is 0 Å². The molecule has 3 heteroatoms. The lowest BCUT2D eigenvalue weighted by molar-refractivity contribution is 0.245. The van der Waals surface area contributed by atoms with Crippen LogP contribution in [0.4, 0.5) is 4.39 Å². The van der Waals surface area contributed by atoms with Crippen LogP contribution in [0.15, 0.2) is 36.4 Å². The van der Waals surface area contributed by atoms with E-state index in [-0.39, 0.29) is 11.9 Å². The average Bonchev–Trinajstić information content (AvgIpc) is 2.71. The van der Waals surface area contributed by atoms with E-state index in [2.05, 4.69) is 0 Å². The molecule has 1 aliphatic rings. The van der Waals surface area contributed by atoms with Gasteiger partial charge in [0.15, 0.2) is 11.6 Å². The molecule has 0 saturated heterocycles. The number of fused-ring (bicyclic) bond motifs is 1. The molecule has 0 radical (unpaired) electrons. The van der Waals surface area contributed by atoms with Crippen LogP contribution in [0.2, 0.25) is 5.02 Å². The summed E-state index contributed by atoms with van der Waals surface area (Å²) in [4.78, 5) is 0. The van der Waals surface area contributed by atoms with Gasteiger partial charge in [0.1, 0.15) is 6.10 Å². The number of benzene rings is 2. The Bertz CT molecular complexity index is 592. The van der Waals surface area contributed by atoms with E-state index >= 15 is 0 Å². The van der Waals surface area contributed by atoms with Crippen molar-refractivity contribution in [3.05, 3.63) is 52.8 Å². The molecule has 1 aliphatic heterocycles. The largest absolute Gasteiger partial charge is 0.487 e. The van der Waals surface area contributed by atoms with Gasteiger partial charge in [-0.15, -0.1) is 0 Å². The topological polar surface area (TPSA) is 9.23 Å². The molecule has 0 bridgehead atoms. The van der Waals surface area contributed by atoms with Gasteiger partial charge in [0, 0.05) is 17.0 Å². The normalized spacial score (nSPS) is 17.4. The molecule has 18 heavy (non-hydrogen) atoms. The van der Waals surface area contributed by atoms with Gasteiger partial charge >= 0.3 is 0 Å². The Morgan fingerprint density at radius 2 is 1.89 bits per heavy atom. The van der Waals surface area contributed by atoms with Crippen molar-refractivity contribution < 1.29 is 9.13 Å². The van der Waals surface area contributed by atoms with Crippen molar-refractivity contribution in [2.75, 3.05) is 0 Å². The molecular weight excluding hydrogens is 251 g/mol. The molecule has 0 aromatic heterocycles. The molecule has 1 atom stereocenters. The summed E-state index contributed by atoms with van der Waals surface area (Å²) in [6.07, 6.45) is 0.809. The number of ether oxygens (including phenoxy) is 1. The summed E-state index contributed by atoms with van der Waals surface area (Å²) in [6.45, 7) is 1.95. The van der Waals surface area contributed by atoms with Crippen molar-refractivity contribution in [3.8, 4) is 16.9 Å². The minimum atomic E-state index is -0.290. The van der Waals surface area contributed by atoms with Crippen LogP contribution in [-0.2, 0) is 6.42 Å². The monoisotopic (exact) mass is 262 g/mol. The second-order valence-corrected chi connectivity index (χ2v) is 5.02. The lowest BCUT2D eigenvalue weighted by Crippen LogP contribution is -2.05. The highest BCUT2D eigenvalue weighted by Crippen LogP contribution is 2.35. The maximum absolute atomic E-state index is 13.9. The Labute approximate surface area is 110 Å². The molecule has 0 fully saturated rings. The summed E-state index contributed by atoms with van der Waals surface area (Å²) < 4.78 is 19.4. The van der Waals surface area contributed by atoms with Gasteiger partial charge in [-0.2, -0.15) is 0 Å². The summed E-state index contributed by atoms with van der Waals surface area (Å²) >= 11 is 5.85. The lowest BCUT2D eigenvalue weighted by Gasteiger charge is -2.06. The van der Waals surface area contributed by atoms with E-state index in [1.54, 1.807) is 12.1 Å². The molecule has 0 amide bonds. The van der Waals surface area contributed by atoms with E-state index in [9.17, 15) is 4.39 Å². The third kappa shape index (κ3) is 1.97. The minimum absolute atomic E-state index is 0.0509. The van der Waals surface area contributed by atoms with E-state index in [1.807, 2.05) is 25.1 Å². The van der Waals surface area contributed by atoms with Crippen LogP contribution < -0.4 is 4.74 Å². The Morgan fingerprint density at radius 3 is 2.61 bits per heavy atom. The summed E-state index contributed by atoms with van der Waals surface area (Å²) in [5.74, 6) is 0.113. The third-order valence-corrected chi connectivity index (χ3v) is 3.38. The molecular formula is C15H12ClFO. The molecule has 0 saturated carbocycles. The highest BCUT2D eigenvalue weighted by Gasteiger charge is 2.23. The molecule has 92 valence electrons. The van der Waals surface area contributed by atoms with Crippen molar-refractivity contribution in [3.63, 3.8) is 0 Å². The van der Waals surface area contributed by atoms with E-state index in [0.717, 1.165) is 23.1 Å². The predicted octanol–water partition coefficient (Wildman–Crippen LogP) is 4.47. The maximum atomic E-state index is 13.9. The van der Waals surface area contributed by atoms with E-state index < -0.39 is 0 Å². The molecule has 2 aromatic carbocycles. The van der Waals surface area contributed by atoms with Gasteiger partial charge in [-0.1, -0.05) is 23.7 Å². The van der Waals surface area contributed by atoms with Crippen molar-refractivity contribution in [1.82, 2.24) is 0 Å². The van der Waals surface area contributed by atoms with Crippen molar-refractivity contribution in [2.24, 2.45) is 0 Å². The van der Waals surface area contributed by atoms with E-state index in [4.69, 9.17) is 16.3 Å². The fraction of sp³-hybridized carbons (Fsp3) is 0.200. The zero-order valence-corrected chi connectivity index (χ0v) is 10.7. The Kier molecular flexibility index (Phi) is 2.75.